The van der Waals surface area contributed by atoms with Crippen molar-refractivity contribution >= 4 is 28.1 Å². The maximum Gasteiger partial charge on any atom is 0.140 e. The molecule has 23 heavy (non-hydrogen) atoms. The van der Waals surface area contributed by atoms with E-state index in [1.165, 1.54) is 11.1 Å². The molecule has 4 nitrogen and oxygen atoms in total. The van der Waals surface area contributed by atoms with E-state index in [1.54, 1.807) is 17.7 Å². The van der Waals surface area contributed by atoms with E-state index in [0.717, 1.165) is 29.8 Å². The maximum atomic E-state index is 6.14. The summed E-state index contributed by atoms with van der Waals surface area (Å²) in [6, 6.07) is 8.48. The van der Waals surface area contributed by atoms with Gasteiger partial charge in [0.15, 0.2) is 0 Å². The van der Waals surface area contributed by atoms with Gasteiger partial charge < -0.3 is 9.64 Å². The van der Waals surface area contributed by atoms with E-state index in [1.807, 2.05) is 0 Å². The van der Waals surface area contributed by atoms with Gasteiger partial charge in [0, 0.05) is 18.5 Å². The smallest absolute Gasteiger partial charge is 0.140 e. The Morgan fingerprint density at radius 2 is 2.13 bits per heavy atom. The minimum absolute atomic E-state index is 0.0971. The standard InChI is InChI=1S/C18H19N3OS/c1-12-3-4-16-15(7-12)18(20-11-19-16)21-8-13(2)22-17(9-21)14-5-6-23-10-14/h3-7,10-11,13,17H,8-9H2,1-2H3. The summed E-state index contributed by atoms with van der Waals surface area (Å²) in [5, 5.41) is 5.39. The zero-order valence-electron chi connectivity index (χ0n) is 13.3. The van der Waals surface area contributed by atoms with Gasteiger partial charge in [-0.25, -0.2) is 9.97 Å². The molecule has 0 bridgehead atoms. The van der Waals surface area contributed by atoms with Gasteiger partial charge in [0.1, 0.15) is 18.2 Å². The Morgan fingerprint density at radius 3 is 2.96 bits per heavy atom. The Balaban J connectivity index is 1.73. The van der Waals surface area contributed by atoms with E-state index in [4.69, 9.17) is 4.74 Å². The number of benzene rings is 1. The summed E-state index contributed by atoms with van der Waals surface area (Å²) in [7, 11) is 0. The second kappa shape index (κ2) is 5.91. The number of nitrogens with zero attached hydrogens (tertiary/aromatic N) is 3. The summed E-state index contributed by atoms with van der Waals surface area (Å²) < 4.78 is 6.14. The third-order valence-electron chi connectivity index (χ3n) is 4.24. The van der Waals surface area contributed by atoms with Crippen molar-refractivity contribution in [2.75, 3.05) is 18.0 Å². The first-order chi connectivity index (χ1) is 11.2. The lowest BCUT2D eigenvalue weighted by molar-refractivity contribution is -0.0173. The van der Waals surface area contributed by atoms with Gasteiger partial charge in [-0.05, 0) is 48.4 Å². The molecule has 3 aromatic rings. The molecule has 1 aliphatic heterocycles. The minimum atomic E-state index is 0.0971. The summed E-state index contributed by atoms with van der Waals surface area (Å²) in [5.41, 5.74) is 3.47. The van der Waals surface area contributed by atoms with E-state index < -0.39 is 0 Å². The maximum absolute atomic E-state index is 6.14. The van der Waals surface area contributed by atoms with Gasteiger partial charge in [0.2, 0.25) is 0 Å². The molecule has 2 unspecified atom stereocenters. The fraction of sp³-hybridized carbons (Fsp3) is 0.333. The number of thiophene rings is 1. The summed E-state index contributed by atoms with van der Waals surface area (Å²) in [6.07, 6.45) is 1.93. The lowest BCUT2D eigenvalue weighted by Gasteiger charge is -2.37. The molecule has 1 aromatic carbocycles. The first kappa shape index (κ1) is 14.6. The van der Waals surface area contributed by atoms with Crippen LogP contribution in [0.2, 0.25) is 0 Å². The highest BCUT2D eigenvalue weighted by Gasteiger charge is 2.28. The number of hydrogen-bond acceptors (Lipinski definition) is 5. The highest BCUT2D eigenvalue weighted by molar-refractivity contribution is 7.07. The molecule has 1 saturated heterocycles. The Kier molecular flexibility index (Phi) is 3.75. The van der Waals surface area contributed by atoms with Gasteiger partial charge in [-0.15, -0.1) is 0 Å². The molecule has 4 rings (SSSR count). The predicted octanol–water partition coefficient (Wildman–Crippen LogP) is 3.97. The minimum Gasteiger partial charge on any atom is -0.367 e. The quantitative estimate of drug-likeness (QED) is 0.715. The van der Waals surface area contributed by atoms with Gasteiger partial charge in [0.25, 0.3) is 0 Å². The van der Waals surface area contributed by atoms with Crippen molar-refractivity contribution in [1.82, 2.24) is 9.97 Å². The molecule has 0 aliphatic carbocycles. The lowest BCUT2D eigenvalue weighted by atomic mass is 10.1. The van der Waals surface area contributed by atoms with Gasteiger partial charge in [-0.2, -0.15) is 11.3 Å². The van der Waals surface area contributed by atoms with Crippen LogP contribution in [-0.2, 0) is 4.74 Å². The highest BCUT2D eigenvalue weighted by atomic mass is 32.1. The van der Waals surface area contributed by atoms with Crippen molar-refractivity contribution < 1.29 is 4.74 Å². The average molecular weight is 325 g/mol. The Morgan fingerprint density at radius 1 is 1.22 bits per heavy atom. The summed E-state index contributed by atoms with van der Waals surface area (Å²) in [6.45, 7) is 5.90. The van der Waals surface area contributed by atoms with Crippen molar-refractivity contribution in [3.8, 4) is 0 Å². The summed E-state index contributed by atoms with van der Waals surface area (Å²) in [4.78, 5) is 11.3. The largest absolute Gasteiger partial charge is 0.367 e. The van der Waals surface area contributed by atoms with E-state index in [9.17, 15) is 0 Å². The van der Waals surface area contributed by atoms with Crippen LogP contribution in [0.15, 0.2) is 41.4 Å². The predicted molar refractivity (Wildman–Crippen MR) is 94.1 cm³/mol. The molecular formula is C18H19N3OS. The molecule has 2 aromatic heterocycles. The van der Waals surface area contributed by atoms with Crippen molar-refractivity contribution in [2.45, 2.75) is 26.1 Å². The zero-order valence-corrected chi connectivity index (χ0v) is 14.1. The number of rotatable bonds is 2. The molecule has 0 amide bonds. The normalized spacial score (nSPS) is 21.7. The number of aromatic nitrogens is 2. The van der Waals surface area contributed by atoms with Gasteiger partial charge in [-0.1, -0.05) is 11.6 Å². The van der Waals surface area contributed by atoms with Crippen LogP contribution in [0.1, 0.15) is 24.2 Å². The fourth-order valence-corrected chi connectivity index (χ4v) is 3.88. The second-order valence-corrected chi connectivity index (χ2v) is 6.89. The average Bonchev–Trinajstić information content (AvgIpc) is 3.08. The van der Waals surface area contributed by atoms with Crippen molar-refractivity contribution in [3.05, 3.63) is 52.5 Å². The molecular weight excluding hydrogens is 306 g/mol. The zero-order chi connectivity index (χ0) is 15.8. The number of aryl methyl sites for hydroxylation is 1. The van der Waals surface area contributed by atoms with E-state index >= 15 is 0 Å². The van der Waals surface area contributed by atoms with E-state index in [0.29, 0.717) is 0 Å². The molecule has 5 heteroatoms. The highest BCUT2D eigenvalue weighted by Crippen LogP contribution is 2.32. The van der Waals surface area contributed by atoms with Crippen LogP contribution in [0.5, 0.6) is 0 Å². The molecule has 2 atom stereocenters. The van der Waals surface area contributed by atoms with Crippen LogP contribution in [0.3, 0.4) is 0 Å². The Bertz CT molecular complexity index is 818. The third kappa shape index (κ3) is 2.82. The SMILES string of the molecule is Cc1ccc2ncnc(N3CC(C)OC(c4ccsc4)C3)c2c1. The van der Waals surface area contributed by atoms with E-state index in [-0.39, 0.29) is 12.2 Å². The summed E-state index contributed by atoms with van der Waals surface area (Å²) >= 11 is 1.71. The molecule has 0 N–H and O–H groups in total. The molecule has 118 valence electrons. The fourth-order valence-electron chi connectivity index (χ4n) is 3.18. The number of ether oxygens (including phenoxy) is 1. The molecule has 1 fully saturated rings. The van der Waals surface area contributed by atoms with Crippen molar-refractivity contribution in [1.29, 1.82) is 0 Å². The van der Waals surface area contributed by atoms with Crippen LogP contribution in [0.25, 0.3) is 10.9 Å². The van der Waals surface area contributed by atoms with Gasteiger partial charge >= 0.3 is 0 Å². The van der Waals surface area contributed by atoms with Crippen LogP contribution in [0, 0.1) is 6.92 Å². The summed E-state index contributed by atoms with van der Waals surface area (Å²) in [5.74, 6) is 1.01. The first-order valence-electron chi connectivity index (χ1n) is 7.84. The van der Waals surface area contributed by atoms with Crippen LogP contribution in [0.4, 0.5) is 5.82 Å². The Hall–Kier alpha value is -1.98. The van der Waals surface area contributed by atoms with Crippen LogP contribution >= 0.6 is 11.3 Å². The number of fused-ring (bicyclic) bond motifs is 1. The number of anilines is 1. The molecule has 3 heterocycles. The monoisotopic (exact) mass is 325 g/mol. The molecule has 0 spiro atoms. The van der Waals surface area contributed by atoms with Crippen molar-refractivity contribution in [2.24, 2.45) is 0 Å². The second-order valence-electron chi connectivity index (χ2n) is 6.11. The molecule has 0 saturated carbocycles. The van der Waals surface area contributed by atoms with Gasteiger partial charge in [0.05, 0.1) is 11.6 Å². The Labute approximate surface area is 139 Å². The van der Waals surface area contributed by atoms with Crippen LogP contribution < -0.4 is 4.90 Å². The van der Waals surface area contributed by atoms with Crippen LogP contribution in [-0.4, -0.2) is 29.2 Å². The molecule has 1 aliphatic rings. The number of morpholine rings is 1. The lowest BCUT2D eigenvalue weighted by Crippen LogP contribution is -2.43. The topological polar surface area (TPSA) is 38.2 Å². The number of hydrogen-bond donors (Lipinski definition) is 0. The first-order valence-corrected chi connectivity index (χ1v) is 8.79. The third-order valence-corrected chi connectivity index (χ3v) is 4.95. The van der Waals surface area contributed by atoms with Gasteiger partial charge in [-0.3, -0.25) is 0 Å². The van der Waals surface area contributed by atoms with E-state index in [2.05, 4.69) is 63.7 Å². The van der Waals surface area contributed by atoms with Crippen molar-refractivity contribution in [3.63, 3.8) is 0 Å². The molecule has 0 radical (unpaired) electrons.